The minimum atomic E-state index is -0.448. The maximum Gasteiger partial charge on any atom is 0.303 e. The summed E-state index contributed by atoms with van der Waals surface area (Å²) in [6.07, 6.45) is 8.59. The summed E-state index contributed by atoms with van der Waals surface area (Å²) in [5, 5.41) is 11.5. The molecule has 0 aromatic heterocycles. The molecule has 0 unspecified atom stereocenters. The molecular weight excluding hydrogens is 464 g/mol. The summed E-state index contributed by atoms with van der Waals surface area (Å²) in [7, 11) is 0. The molecule has 5 rings (SSSR count). The smallest absolute Gasteiger partial charge is 0.303 e. The predicted molar refractivity (Wildman–Crippen MR) is 143 cm³/mol. The molecule has 0 bridgehead atoms. The van der Waals surface area contributed by atoms with Crippen LogP contribution in [0, 0.1) is 63.6 Å². The van der Waals surface area contributed by atoms with Gasteiger partial charge in [0, 0.05) is 25.2 Å². The van der Waals surface area contributed by atoms with Crippen LogP contribution in [-0.4, -0.2) is 35.4 Å². The number of aliphatic hydroxyl groups excluding tert-OH is 1. The van der Waals surface area contributed by atoms with Gasteiger partial charge in [-0.25, -0.2) is 0 Å². The van der Waals surface area contributed by atoms with E-state index in [4.69, 9.17) is 9.47 Å². The van der Waals surface area contributed by atoms with Crippen LogP contribution in [0.4, 0.5) is 0 Å². The molecule has 0 aromatic rings. The first kappa shape index (κ1) is 27.5. The Morgan fingerprint density at radius 1 is 0.865 bits per heavy atom. The summed E-state index contributed by atoms with van der Waals surface area (Å²) in [5.41, 5.74) is 0.680. The quantitative estimate of drug-likeness (QED) is 0.396. The van der Waals surface area contributed by atoms with Gasteiger partial charge >= 0.3 is 11.9 Å². The van der Waals surface area contributed by atoms with Crippen molar-refractivity contribution in [1.82, 2.24) is 0 Å². The van der Waals surface area contributed by atoms with E-state index >= 15 is 0 Å². The van der Waals surface area contributed by atoms with Gasteiger partial charge in [-0.2, -0.15) is 0 Å². The van der Waals surface area contributed by atoms with Crippen LogP contribution >= 0.6 is 0 Å². The highest BCUT2D eigenvalue weighted by Crippen LogP contribution is 2.81. The van der Waals surface area contributed by atoms with Crippen LogP contribution < -0.4 is 0 Å². The highest BCUT2D eigenvalue weighted by atomic mass is 16.6. The normalized spacial score (nSPS) is 47.1. The third kappa shape index (κ3) is 3.94. The van der Waals surface area contributed by atoms with E-state index in [0.29, 0.717) is 29.1 Å². The second-order valence-electron chi connectivity index (χ2n) is 14.9. The minimum Gasteiger partial charge on any atom is -0.458 e. The van der Waals surface area contributed by atoms with Gasteiger partial charge in [-0.1, -0.05) is 41.5 Å². The molecule has 0 aliphatic heterocycles. The lowest BCUT2D eigenvalue weighted by molar-refractivity contribution is -0.183. The lowest BCUT2D eigenvalue weighted by Crippen LogP contribution is -2.57. The molecule has 1 N–H and O–H groups in total. The molecule has 37 heavy (non-hydrogen) atoms. The first-order chi connectivity index (χ1) is 17.3. The van der Waals surface area contributed by atoms with Crippen molar-refractivity contribution in [3.8, 4) is 0 Å². The van der Waals surface area contributed by atoms with Crippen molar-refractivity contribution in [2.24, 2.45) is 63.6 Å². The molecular formula is C32H52O5. The molecule has 0 aromatic carbocycles. The minimum absolute atomic E-state index is 0.0786. The van der Waals surface area contributed by atoms with Crippen molar-refractivity contribution in [3.63, 3.8) is 0 Å². The molecule has 210 valence electrons. The molecule has 5 heteroatoms. The number of rotatable bonds is 7. The number of ether oxygens (including phenoxy) is 2. The molecule has 0 heterocycles. The van der Waals surface area contributed by atoms with Crippen molar-refractivity contribution >= 4 is 11.9 Å². The van der Waals surface area contributed by atoms with Crippen molar-refractivity contribution in [3.05, 3.63) is 0 Å². The molecule has 5 aliphatic rings. The van der Waals surface area contributed by atoms with E-state index in [2.05, 4.69) is 41.5 Å². The third-order valence-corrected chi connectivity index (χ3v) is 13.3. The summed E-state index contributed by atoms with van der Waals surface area (Å²) in [6.45, 7) is 16.6. The topological polar surface area (TPSA) is 72.8 Å². The molecule has 13 atom stereocenters. The number of hydrogen-bond acceptors (Lipinski definition) is 5. The number of aliphatic hydroxyl groups is 1. The lowest BCUT2D eigenvalue weighted by atomic mass is 9.45. The van der Waals surface area contributed by atoms with Gasteiger partial charge in [-0.15, -0.1) is 0 Å². The van der Waals surface area contributed by atoms with Gasteiger partial charge < -0.3 is 14.6 Å². The van der Waals surface area contributed by atoms with Crippen molar-refractivity contribution in [1.29, 1.82) is 0 Å². The van der Waals surface area contributed by atoms with E-state index in [1.165, 1.54) is 52.4 Å². The fraction of sp³-hybridized carbons (Fsp3) is 0.938. The van der Waals surface area contributed by atoms with Crippen LogP contribution in [0.3, 0.4) is 0 Å². The Bertz CT molecular complexity index is 915. The fourth-order valence-corrected chi connectivity index (χ4v) is 11.2. The average molecular weight is 517 g/mol. The van der Waals surface area contributed by atoms with Gasteiger partial charge in [0.15, 0.2) is 0 Å². The molecule has 0 saturated heterocycles. The van der Waals surface area contributed by atoms with Crippen LogP contribution in [0.5, 0.6) is 0 Å². The summed E-state index contributed by atoms with van der Waals surface area (Å²) in [4.78, 5) is 24.5. The predicted octanol–water partition coefficient (Wildman–Crippen LogP) is 6.41. The van der Waals surface area contributed by atoms with E-state index in [-0.39, 0.29) is 40.7 Å². The third-order valence-electron chi connectivity index (χ3n) is 13.3. The van der Waals surface area contributed by atoms with E-state index in [1.54, 1.807) is 0 Å². The van der Waals surface area contributed by atoms with Crippen molar-refractivity contribution in [2.45, 2.75) is 125 Å². The van der Waals surface area contributed by atoms with Gasteiger partial charge in [-0.3, -0.25) is 9.59 Å². The number of carbonyl (C=O) groups is 2. The lowest BCUT2D eigenvalue weighted by Gasteiger charge is -2.60. The maximum atomic E-state index is 12.3. The number of fused-ring (bicyclic) bond motifs is 4. The van der Waals surface area contributed by atoms with Crippen LogP contribution in [0.25, 0.3) is 0 Å². The van der Waals surface area contributed by atoms with E-state index in [0.717, 1.165) is 24.7 Å². The second-order valence-corrected chi connectivity index (χ2v) is 14.9. The molecule has 5 fully saturated rings. The zero-order valence-corrected chi connectivity index (χ0v) is 24.6. The van der Waals surface area contributed by atoms with Gasteiger partial charge in [0.1, 0.15) is 12.2 Å². The Morgan fingerprint density at radius 2 is 1.51 bits per heavy atom. The molecule has 5 aliphatic carbocycles. The van der Waals surface area contributed by atoms with Gasteiger partial charge in [0.25, 0.3) is 0 Å². The summed E-state index contributed by atoms with van der Waals surface area (Å²) < 4.78 is 12.0. The van der Waals surface area contributed by atoms with Crippen molar-refractivity contribution in [2.75, 3.05) is 0 Å². The standard InChI is InChI=1S/C32H52O5/c1-17(2)18(3)28(36-20(5)33)29(37-21(6)34)19(4)24-9-10-25-23-15-27(35)32-16-22(32)11-14-31(32,8)26(23)12-13-30(24,25)7/h17-19,22-29,35H,9-16H2,1-8H3/t18-,19-,22-,23-,24+,25-,26-,27+,28+,29+,30+,31+,32-/m0/s1. The highest BCUT2D eigenvalue weighted by molar-refractivity contribution is 5.67. The van der Waals surface area contributed by atoms with E-state index in [1.807, 2.05) is 0 Å². The van der Waals surface area contributed by atoms with Crippen LogP contribution in [0.2, 0.25) is 0 Å². The fourth-order valence-electron chi connectivity index (χ4n) is 11.2. The van der Waals surface area contributed by atoms with E-state index in [9.17, 15) is 14.7 Å². The van der Waals surface area contributed by atoms with Gasteiger partial charge in [0.05, 0.1) is 6.10 Å². The molecule has 0 radical (unpaired) electrons. The first-order valence-electron chi connectivity index (χ1n) is 15.3. The average Bonchev–Trinajstić information content (AvgIpc) is 3.34. The Hall–Kier alpha value is -1.10. The largest absolute Gasteiger partial charge is 0.458 e. The summed E-state index contributed by atoms with van der Waals surface area (Å²) >= 11 is 0. The monoisotopic (exact) mass is 516 g/mol. The van der Waals surface area contributed by atoms with Gasteiger partial charge in [0.2, 0.25) is 0 Å². The Morgan fingerprint density at radius 3 is 2.11 bits per heavy atom. The molecule has 5 saturated carbocycles. The van der Waals surface area contributed by atoms with Crippen LogP contribution in [0.1, 0.15) is 107 Å². The van der Waals surface area contributed by atoms with Crippen molar-refractivity contribution < 1.29 is 24.2 Å². The second kappa shape index (κ2) is 9.24. The zero-order chi connectivity index (χ0) is 27.1. The van der Waals surface area contributed by atoms with Crippen LogP contribution in [-0.2, 0) is 19.1 Å². The summed E-state index contributed by atoms with van der Waals surface area (Å²) in [5.74, 6) is 2.95. The Labute approximate surface area is 224 Å². The van der Waals surface area contributed by atoms with E-state index < -0.39 is 12.2 Å². The van der Waals surface area contributed by atoms with Gasteiger partial charge in [-0.05, 0) is 104 Å². The number of hydrogen-bond donors (Lipinski definition) is 1. The molecule has 1 spiro atoms. The Balaban J connectivity index is 1.42. The number of carbonyl (C=O) groups excluding carboxylic acids is 2. The first-order valence-corrected chi connectivity index (χ1v) is 15.3. The maximum absolute atomic E-state index is 12.3. The zero-order valence-electron chi connectivity index (χ0n) is 24.6. The van der Waals surface area contributed by atoms with Crippen LogP contribution in [0.15, 0.2) is 0 Å². The Kier molecular flexibility index (Phi) is 6.86. The molecule has 0 amide bonds. The molecule has 5 nitrogen and oxygen atoms in total. The number of esters is 2. The SMILES string of the molecule is CC(=O)O[C@H]([C@@H](C)[C@H]1CC[C@H]2[C@@H]3C[C@@H](O)[C@]45C[C@@H]4CC[C@]5(C)[C@H]3CC[C@]12C)[C@H](OC(C)=O)[C@@H](C)C(C)C. The highest BCUT2D eigenvalue weighted by Gasteiger charge is 2.77. The summed E-state index contributed by atoms with van der Waals surface area (Å²) in [6, 6.07) is 0.